The maximum absolute atomic E-state index is 13.2. The van der Waals surface area contributed by atoms with Crippen LogP contribution in [-0.4, -0.2) is 56.6 Å². The van der Waals surface area contributed by atoms with Gasteiger partial charge in [-0.15, -0.1) is 10.2 Å². The summed E-state index contributed by atoms with van der Waals surface area (Å²) in [7, 11) is 0. The summed E-state index contributed by atoms with van der Waals surface area (Å²) in [4.78, 5) is 22.5. The van der Waals surface area contributed by atoms with Gasteiger partial charge >= 0.3 is 0 Å². The molecule has 3 heterocycles. The Balaban J connectivity index is 1.41. The van der Waals surface area contributed by atoms with Crippen LogP contribution in [0.15, 0.2) is 66.7 Å². The van der Waals surface area contributed by atoms with Crippen molar-refractivity contribution in [1.82, 2.24) is 24.5 Å². The Hall–Kier alpha value is -3.97. The van der Waals surface area contributed by atoms with Crippen molar-refractivity contribution < 1.29 is 4.79 Å². The molecule has 1 fully saturated rings. The Morgan fingerprint density at radius 1 is 0.865 bits per heavy atom. The maximum atomic E-state index is 13.2. The molecule has 0 spiro atoms. The van der Waals surface area contributed by atoms with E-state index in [0.717, 1.165) is 63.5 Å². The van der Waals surface area contributed by atoms with E-state index < -0.39 is 0 Å². The summed E-state index contributed by atoms with van der Waals surface area (Å²) in [6.45, 7) is 6.80. The lowest BCUT2D eigenvalue weighted by Crippen LogP contribution is -2.36. The fourth-order valence-electron chi connectivity index (χ4n) is 4.97. The first-order valence-electron chi connectivity index (χ1n) is 12.5. The zero-order valence-corrected chi connectivity index (χ0v) is 21.6. The lowest BCUT2D eigenvalue weighted by Gasteiger charge is -2.24. The van der Waals surface area contributed by atoms with Crippen LogP contribution >= 0.6 is 11.6 Å². The molecule has 37 heavy (non-hydrogen) atoms. The third-order valence-electron chi connectivity index (χ3n) is 6.92. The summed E-state index contributed by atoms with van der Waals surface area (Å²) in [5.41, 5.74) is 5.51. The molecule has 1 aliphatic rings. The van der Waals surface area contributed by atoms with Gasteiger partial charge < -0.3 is 9.80 Å². The van der Waals surface area contributed by atoms with E-state index in [-0.39, 0.29) is 5.91 Å². The summed E-state index contributed by atoms with van der Waals surface area (Å²) in [6, 6.07) is 21.7. The number of aromatic nitrogens is 4. The minimum atomic E-state index is 0.0648. The summed E-state index contributed by atoms with van der Waals surface area (Å²) in [5, 5.41) is 10.7. The van der Waals surface area contributed by atoms with Gasteiger partial charge in [0.1, 0.15) is 0 Å². The molecule has 1 saturated heterocycles. The first kappa shape index (κ1) is 23.4. The van der Waals surface area contributed by atoms with E-state index in [1.54, 1.807) is 0 Å². The van der Waals surface area contributed by atoms with Crippen LogP contribution in [0.2, 0.25) is 5.02 Å². The molecule has 6 rings (SSSR count). The van der Waals surface area contributed by atoms with Crippen LogP contribution in [0.5, 0.6) is 0 Å². The third kappa shape index (κ3) is 4.40. The van der Waals surface area contributed by atoms with Crippen LogP contribution in [0.4, 0.5) is 5.95 Å². The number of hydrogen-bond acceptors (Lipinski definition) is 5. The molecule has 0 aliphatic carbocycles. The number of amides is 1. The quantitative estimate of drug-likeness (QED) is 0.317. The third-order valence-corrected chi connectivity index (χ3v) is 7.16. The molecule has 8 heteroatoms. The second-order valence-electron chi connectivity index (χ2n) is 9.62. The van der Waals surface area contributed by atoms with Crippen molar-refractivity contribution in [3.05, 3.63) is 88.4 Å². The van der Waals surface area contributed by atoms with Gasteiger partial charge in [-0.1, -0.05) is 53.1 Å². The van der Waals surface area contributed by atoms with Crippen LogP contribution < -0.4 is 4.90 Å². The second-order valence-corrected chi connectivity index (χ2v) is 10.1. The summed E-state index contributed by atoms with van der Waals surface area (Å²) in [5.74, 6) is 1.57. The Bertz CT molecular complexity index is 1630. The van der Waals surface area contributed by atoms with Crippen LogP contribution in [0.3, 0.4) is 0 Å². The van der Waals surface area contributed by atoms with Gasteiger partial charge in [-0.3, -0.25) is 4.79 Å². The van der Waals surface area contributed by atoms with E-state index in [1.165, 1.54) is 0 Å². The minimum Gasteiger partial charge on any atom is -0.340 e. The fraction of sp³-hybridized carbons (Fsp3) is 0.241. The molecule has 0 radical (unpaired) electrons. The maximum Gasteiger partial charge on any atom is 0.253 e. The highest BCUT2D eigenvalue weighted by Crippen LogP contribution is 2.30. The van der Waals surface area contributed by atoms with Gasteiger partial charge in [-0.2, -0.15) is 0 Å². The monoisotopic (exact) mass is 510 g/mol. The standard InChI is InChI=1S/C29H27ClN6O/c1-19-7-9-21(10-8-19)28(37)34-13-4-14-35(16-15-34)29-31-25-18-23(30)11-12-24(25)27-33-32-26(36(27)29)22-6-3-5-20(2)17-22/h3,5-12,17-18H,4,13-16H2,1-2H3. The van der Waals surface area contributed by atoms with Crippen molar-refractivity contribution in [2.75, 3.05) is 31.1 Å². The van der Waals surface area contributed by atoms with Crippen LogP contribution in [0.25, 0.3) is 27.9 Å². The summed E-state index contributed by atoms with van der Waals surface area (Å²) in [6.07, 6.45) is 0.830. The highest BCUT2D eigenvalue weighted by molar-refractivity contribution is 6.31. The average Bonchev–Trinajstić information content (AvgIpc) is 3.19. The van der Waals surface area contributed by atoms with Gasteiger partial charge in [0.15, 0.2) is 11.5 Å². The first-order valence-corrected chi connectivity index (χ1v) is 12.9. The van der Waals surface area contributed by atoms with Gasteiger partial charge in [-0.25, -0.2) is 9.38 Å². The summed E-state index contributed by atoms with van der Waals surface area (Å²) < 4.78 is 2.04. The van der Waals surface area contributed by atoms with Crippen molar-refractivity contribution in [3.63, 3.8) is 0 Å². The average molecular weight is 511 g/mol. The molecule has 0 saturated carbocycles. The topological polar surface area (TPSA) is 66.6 Å². The summed E-state index contributed by atoms with van der Waals surface area (Å²) >= 11 is 6.33. The van der Waals surface area contributed by atoms with E-state index in [9.17, 15) is 4.79 Å². The van der Waals surface area contributed by atoms with Gasteiger partial charge in [0.05, 0.1) is 5.52 Å². The molecule has 3 aromatic carbocycles. The Kier molecular flexibility index (Phi) is 6.00. The predicted octanol–water partition coefficient (Wildman–Crippen LogP) is 5.57. The van der Waals surface area contributed by atoms with Gasteiger partial charge in [0.25, 0.3) is 5.91 Å². The number of benzene rings is 3. The van der Waals surface area contributed by atoms with E-state index in [1.807, 2.05) is 70.8 Å². The Morgan fingerprint density at radius 2 is 1.70 bits per heavy atom. The molecule has 1 amide bonds. The number of rotatable bonds is 3. The molecule has 0 N–H and O–H groups in total. The zero-order chi connectivity index (χ0) is 25.5. The SMILES string of the molecule is Cc1ccc(C(=O)N2CCCN(c3nc4cc(Cl)ccc4c4nnc(-c5cccc(C)c5)n34)CC2)cc1. The molecule has 0 bridgehead atoms. The molecule has 2 aromatic heterocycles. The molecule has 186 valence electrons. The number of hydrogen-bond donors (Lipinski definition) is 0. The normalized spacial score (nSPS) is 14.4. The lowest BCUT2D eigenvalue weighted by molar-refractivity contribution is 0.0767. The first-order chi connectivity index (χ1) is 18.0. The zero-order valence-electron chi connectivity index (χ0n) is 20.9. The van der Waals surface area contributed by atoms with Crippen LogP contribution in [0, 0.1) is 13.8 Å². The van der Waals surface area contributed by atoms with Gasteiger partial charge in [-0.05, 0) is 56.7 Å². The van der Waals surface area contributed by atoms with E-state index in [2.05, 4.69) is 34.2 Å². The number of fused-ring (bicyclic) bond motifs is 3. The molecule has 7 nitrogen and oxygen atoms in total. The number of anilines is 1. The van der Waals surface area contributed by atoms with Gasteiger partial charge in [0, 0.05) is 47.7 Å². The van der Waals surface area contributed by atoms with Crippen molar-refractivity contribution in [1.29, 1.82) is 0 Å². The number of halogens is 1. The number of aryl methyl sites for hydroxylation is 2. The Morgan fingerprint density at radius 3 is 2.51 bits per heavy atom. The lowest BCUT2D eigenvalue weighted by atomic mass is 10.1. The molecule has 0 atom stereocenters. The smallest absolute Gasteiger partial charge is 0.253 e. The Labute approximate surface area is 220 Å². The van der Waals surface area contributed by atoms with Crippen molar-refractivity contribution in [2.24, 2.45) is 0 Å². The van der Waals surface area contributed by atoms with E-state index in [4.69, 9.17) is 16.6 Å². The van der Waals surface area contributed by atoms with E-state index in [0.29, 0.717) is 24.7 Å². The highest BCUT2D eigenvalue weighted by atomic mass is 35.5. The van der Waals surface area contributed by atoms with Crippen molar-refractivity contribution in [3.8, 4) is 11.4 Å². The second kappa shape index (κ2) is 9.48. The molecule has 1 aliphatic heterocycles. The minimum absolute atomic E-state index is 0.0648. The molecule has 0 unspecified atom stereocenters. The number of carbonyl (C=O) groups is 1. The molecular formula is C29H27ClN6O. The largest absolute Gasteiger partial charge is 0.340 e. The van der Waals surface area contributed by atoms with Crippen LogP contribution in [0.1, 0.15) is 27.9 Å². The number of carbonyl (C=O) groups excluding carboxylic acids is 1. The highest BCUT2D eigenvalue weighted by Gasteiger charge is 2.25. The van der Waals surface area contributed by atoms with E-state index >= 15 is 0 Å². The molecular weight excluding hydrogens is 484 g/mol. The van der Waals surface area contributed by atoms with Crippen molar-refractivity contribution in [2.45, 2.75) is 20.3 Å². The van der Waals surface area contributed by atoms with Crippen LogP contribution in [-0.2, 0) is 0 Å². The van der Waals surface area contributed by atoms with Gasteiger partial charge in [0.2, 0.25) is 5.95 Å². The molecule has 5 aromatic rings. The predicted molar refractivity (Wildman–Crippen MR) is 147 cm³/mol. The fourth-order valence-corrected chi connectivity index (χ4v) is 5.14. The number of nitrogens with zero attached hydrogens (tertiary/aromatic N) is 6. The van der Waals surface area contributed by atoms with Crippen molar-refractivity contribution >= 4 is 40.0 Å².